The molecule has 0 spiro atoms. The van der Waals surface area contributed by atoms with Crippen molar-refractivity contribution in [3.05, 3.63) is 54.5 Å². The topological polar surface area (TPSA) is 123 Å². The Bertz CT molecular complexity index is 1410. The van der Waals surface area contributed by atoms with Gasteiger partial charge >= 0.3 is 0 Å². The molecule has 4 aromatic rings. The first-order valence-electron chi connectivity index (χ1n) is 12.1. The molecule has 192 valence electrons. The number of morpholine rings is 1. The number of carbonyl (C=O) groups is 1. The molecule has 2 aromatic carbocycles. The number of benzene rings is 2. The van der Waals surface area contributed by atoms with E-state index in [4.69, 9.17) is 10.5 Å². The van der Waals surface area contributed by atoms with Crippen LogP contribution in [0.2, 0.25) is 0 Å². The van der Waals surface area contributed by atoms with E-state index < -0.39 is 12.1 Å². The lowest BCUT2D eigenvalue weighted by Gasteiger charge is -2.29. The molecule has 0 unspecified atom stereocenters. The quantitative estimate of drug-likeness (QED) is 0.333. The molecule has 1 fully saturated rings. The number of nitrogens with one attached hydrogen (secondary N) is 2. The zero-order chi connectivity index (χ0) is 25.9. The van der Waals surface area contributed by atoms with E-state index in [1.165, 1.54) is 6.92 Å². The molecule has 1 saturated heterocycles. The van der Waals surface area contributed by atoms with Gasteiger partial charge in [0.25, 0.3) is 5.91 Å². The Morgan fingerprint density at radius 1 is 1.14 bits per heavy atom. The summed E-state index contributed by atoms with van der Waals surface area (Å²) in [5.74, 6) is -0.238. The van der Waals surface area contributed by atoms with Crippen LogP contribution in [0.1, 0.15) is 17.4 Å². The smallest absolute Gasteiger partial charge is 0.271 e. The first-order chi connectivity index (χ1) is 17.9. The van der Waals surface area contributed by atoms with Gasteiger partial charge in [-0.05, 0) is 37.3 Å². The highest BCUT2D eigenvalue weighted by Crippen LogP contribution is 2.33. The number of nitrogens with two attached hydrogens (primary N) is 1. The zero-order valence-electron chi connectivity index (χ0n) is 20.7. The maximum atomic E-state index is 13.8. The average molecular weight is 505 g/mol. The third-order valence-corrected chi connectivity index (χ3v) is 6.20. The minimum Gasteiger partial charge on any atom is -0.378 e. The van der Waals surface area contributed by atoms with Crippen LogP contribution in [0, 0.1) is 0 Å². The molecule has 1 aliphatic rings. The van der Waals surface area contributed by atoms with Crippen molar-refractivity contribution in [3.63, 3.8) is 0 Å². The van der Waals surface area contributed by atoms with Crippen LogP contribution in [0.15, 0.2) is 48.8 Å². The molecule has 0 aliphatic carbocycles. The Balaban J connectivity index is 1.54. The fourth-order valence-electron chi connectivity index (χ4n) is 4.31. The number of hydrogen-bond donors (Lipinski definition) is 3. The zero-order valence-corrected chi connectivity index (χ0v) is 20.7. The van der Waals surface area contributed by atoms with Gasteiger partial charge in [-0.1, -0.05) is 12.1 Å². The lowest BCUT2D eigenvalue weighted by molar-refractivity contribution is 0.0996. The van der Waals surface area contributed by atoms with E-state index in [1.807, 2.05) is 54.1 Å². The maximum Gasteiger partial charge on any atom is 0.271 e. The third-order valence-electron chi connectivity index (χ3n) is 6.20. The molecule has 37 heavy (non-hydrogen) atoms. The maximum absolute atomic E-state index is 13.8. The van der Waals surface area contributed by atoms with Crippen LogP contribution in [-0.4, -0.2) is 64.4 Å². The Hall–Kier alpha value is -4.25. The molecular weight excluding hydrogens is 475 g/mol. The molecule has 3 heterocycles. The highest BCUT2D eigenvalue weighted by Gasteiger charge is 2.22. The minimum absolute atomic E-state index is 0.0173. The molecule has 10 nitrogen and oxygen atoms in total. The van der Waals surface area contributed by atoms with Crippen molar-refractivity contribution in [1.82, 2.24) is 19.5 Å². The largest absolute Gasteiger partial charge is 0.378 e. The SMILES string of the molecule is C[C@H](F)CNc1nc(Nc2ccc(N3CCOCC3)cc2)c(C(N)=O)nc1-c1cccc2c1ncn2C. The number of aromatic nitrogens is 4. The van der Waals surface area contributed by atoms with Gasteiger partial charge in [-0.15, -0.1) is 0 Å². The number of aryl methyl sites for hydroxylation is 1. The number of amides is 1. The number of imidazole rings is 1. The first-order valence-corrected chi connectivity index (χ1v) is 12.1. The second kappa shape index (κ2) is 10.4. The van der Waals surface area contributed by atoms with Crippen molar-refractivity contribution in [3.8, 4) is 11.3 Å². The highest BCUT2D eigenvalue weighted by molar-refractivity contribution is 6.00. The number of hydrogen-bond acceptors (Lipinski definition) is 8. The molecule has 2 aromatic heterocycles. The van der Waals surface area contributed by atoms with Crippen LogP contribution >= 0.6 is 0 Å². The van der Waals surface area contributed by atoms with Gasteiger partial charge in [-0.2, -0.15) is 0 Å². The predicted octanol–water partition coefficient (Wildman–Crippen LogP) is 3.48. The molecule has 11 heteroatoms. The van der Waals surface area contributed by atoms with Crippen molar-refractivity contribution in [2.45, 2.75) is 13.1 Å². The lowest BCUT2D eigenvalue weighted by atomic mass is 10.1. The number of rotatable bonds is 8. The predicted molar refractivity (Wildman–Crippen MR) is 142 cm³/mol. The second-order valence-electron chi connectivity index (χ2n) is 8.94. The van der Waals surface area contributed by atoms with E-state index in [-0.39, 0.29) is 18.1 Å². The van der Waals surface area contributed by atoms with Crippen LogP contribution in [0.3, 0.4) is 0 Å². The van der Waals surface area contributed by atoms with Crippen molar-refractivity contribution < 1.29 is 13.9 Å². The van der Waals surface area contributed by atoms with E-state index in [2.05, 4.69) is 30.5 Å². The molecule has 4 N–H and O–H groups in total. The van der Waals surface area contributed by atoms with Crippen molar-refractivity contribution in [2.75, 3.05) is 48.4 Å². The van der Waals surface area contributed by atoms with Crippen LogP contribution in [0.25, 0.3) is 22.3 Å². The summed E-state index contributed by atoms with van der Waals surface area (Å²) in [7, 11) is 1.89. The molecule has 0 radical (unpaired) electrons. The number of para-hydroxylation sites is 1. The van der Waals surface area contributed by atoms with Crippen molar-refractivity contribution >= 4 is 40.0 Å². The van der Waals surface area contributed by atoms with Gasteiger partial charge in [0.1, 0.15) is 11.9 Å². The van der Waals surface area contributed by atoms with E-state index in [9.17, 15) is 9.18 Å². The Kier molecular flexibility index (Phi) is 6.87. The van der Waals surface area contributed by atoms with Crippen LogP contribution in [0.4, 0.5) is 27.4 Å². The third kappa shape index (κ3) is 5.17. The van der Waals surface area contributed by atoms with E-state index >= 15 is 0 Å². The summed E-state index contributed by atoms with van der Waals surface area (Å²) in [5, 5.41) is 6.19. The van der Waals surface area contributed by atoms with E-state index in [0.717, 1.165) is 24.3 Å². The number of fused-ring (bicyclic) bond motifs is 1. The van der Waals surface area contributed by atoms with Crippen molar-refractivity contribution in [1.29, 1.82) is 0 Å². The summed E-state index contributed by atoms with van der Waals surface area (Å²) < 4.78 is 21.1. The Morgan fingerprint density at radius 3 is 2.59 bits per heavy atom. The van der Waals surface area contributed by atoms with Crippen molar-refractivity contribution in [2.24, 2.45) is 12.8 Å². The van der Waals surface area contributed by atoms with Gasteiger partial charge in [-0.3, -0.25) is 4.79 Å². The number of carbonyl (C=O) groups excluding carboxylic acids is 1. The van der Waals surface area contributed by atoms with Gasteiger partial charge in [0.15, 0.2) is 17.3 Å². The minimum atomic E-state index is -1.12. The Labute approximate surface area is 213 Å². The number of ether oxygens (including phenoxy) is 1. The van der Waals surface area contributed by atoms with Gasteiger partial charge in [0.05, 0.1) is 30.6 Å². The fraction of sp³-hybridized carbons (Fsp3) is 0.308. The molecule has 0 bridgehead atoms. The number of nitrogens with zero attached hydrogens (tertiary/aromatic N) is 5. The van der Waals surface area contributed by atoms with Gasteiger partial charge in [-0.25, -0.2) is 19.3 Å². The summed E-state index contributed by atoms with van der Waals surface area (Å²) >= 11 is 0. The Morgan fingerprint density at radius 2 is 1.89 bits per heavy atom. The summed E-state index contributed by atoms with van der Waals surface area (Å²) in [4.78, 5) is 28.5. The van der Waals surface area contributed by atoms with E-state index in [1.54, 1.807) is 6.33 Å². The average Bonchev–Trinajstić information content (AvgIpc) is 3.29. The van der Waals surface area contributed by atoms with Crippen LogP contribution in [-0.2, 0) is 11.8 Å². The molecule has 1 amide bonds. The molecule has 5 rings (SSSR count). The summed E-state index contributed by atoms with van der Waals surface area (Å²) in [6.07, 6.45) is 0.573. The van der Waals surface area contributed by atoms with Crippen LogP contribution in [0.5, 0.6) is 0 Å². The van der Waals surface area contributed by atoms with Gasteiger partial charge in [0, 0.05) is 43.6 Å². The normalized spacial score (nSPS) is 14.5. The lowest BCUT2D eigenvalue weighted by Crippen LogP contribution is -2.36. The summed E-state index contributed by atoms with van der Waals surface area (Å²) in [5.41, 5.74) is 10.1. The van der Waals surface area contributed by atoms with Gasteiger partial charge in [0.2, 0.25) is 0 Å². The molecular formula is C26H29FN8O2. The summed E-state index contributed by atoms with van der Waals surface area (Å²) in [6.45, 7) is 4.52. The molecule has 0 saturated carbocycles. The number of primary amides is 1. The van der Waals surface area contributed by atoms with E-state index in [0.29, 0.717) is 41.5 Å². The highest BCUT2D eigenvalue weighted by atomic mass is 19.1. The number of anilines is 4. The standard InChI is InChI=1S/C26H29FN8O2/c1-16(27)14-29-25-22(19-4-3-5-20-21(19)30-15-34(20)2)32-23(24(28)36)26(33-25)31-17-6-8-18(9-7-17)35-10-12-37-13-11-35/h3-9,15-16H,10-14H2,1-2H3,(H2,28,36)(H2,29,31,33)/t16-/m0/s1. The molecule has 1 aliphatic heterocycles. The van der Waals surface area contributed by atoms with Gasteiger partial charge < -0.3 is 30.6 Å². The number of halogens is 1. The fourth-order valence-corrected chi connectivity index (χ4v) is 4.31. The second-order valence-corrected chi connectivity index (χ2v) is 8.94. The van der Waals surface area contributed by atoms with Crippen LogP contribution < -0.4 is 21.3 Å². The monoisotopic (exact) mass is 504 g/mol. The summed E-state index contributed by atoms with van der Waals surface area (Å²) in [6, 6.07) is 13.4. The number of alkyl halides is 1. The molecule has 1 atom stereocenters. The first kappa shape index (κ1) is 24.4.